The normalized spacial score (nSPS) is 13.2. The zero-order valence-corrected chi connectivity index (χ0v) is 12.2. The molecule has 0 aliphatic carbocycles. The van der Waals surface area contributed by atoms with E-state index in [-0.39, 0.29) is 0 Å². The molecule has 1 unspecified atom stereocenters. The Bertz CT molecular complexity index is 272. The van der Waals surface area contributed by atoms with Crippen molar-refractivity contribution in [1.29, 1.82) is 0 Å². The molecule has 0 aliphatic rings. The van der Waals surface area contributed by atoms with E-state index in [9.17, 15) is 0 Å². The van der Waals surface area contributed by atoms with Crippen LogP contribution < -0.4 is 5.32 Å². The van der Waals surface area contributed by atoms with E-state index in [0.717, 1.165) is 19.6 Å². The van der Waals surface area contributed by atoms with E-state index in [0.29, 0.717) is 6.04 Å². The Morgan fingerprint density at radius 2 is 2.24 bits per heavy atom. The van der Waals surface area contributed by atoms with E-state index >= 15 is 0 Å². The van der Waals surface area contributed by atoms with Gasteiger partial charge in [0.1, 0.15) is 0 Å². The third-order valence-corrected chi connectivity index (χ3v) is 4.13. The fourth-order valence-electron chi connectivity index (χ4n) is 1.98. The maximum Gasteiger partial charge on any atom is 0.0215 e. The second kappa shape index (κ2) is 8.67. The van der Waals surface area contributed by atoms with Gasteiger partial charge in [-0.3, -0.25) is 0 Å². The Balaban J connectivity index is 2.25. The van der Waals surface area contributed by atoms with E-state index in [1.54, 1.807) is 0 Å². The quantitative estimate of drug-likeness (QED) is 0.682. The fraction of sp³-hybridized carbons (Fsp3) is 0.714. The number of hydrogen-bond acceptors (Lipinski definition) is 3. The van der Waals surface area contributed by atoms with Crippen LogP contribution in [0.3, 0.4) is 0 Å². The maximum absolute atomic E-state index is 3.52. The minimum Gasteiger partial charge on any atom is -0.315 e. The highest BCUT2D eigenvalue weighted by Gasteiger charge is 2.11. The molecule has 0 saturated heterocycles. The van der Waals surface area contributed by atoms with Gasteiger partial charge in [0, 0.05) is 24.0 Å². The first-order valence-electron chi connectivity index (χ1n) is 6.71. The molecule has 0 fully saturated rings. The molecular formula is C14H26N2S. The molecule has 0 bridgehead atoms. The Hall–Kier alpha value is -0.380. The van der Waals surface area contributed by atoms with E-state index in [1.807, 2.05) is 11.3 Å². The van der Waals surface area contributed by atoms with Gasteiger partial charge in [-0.05, 0) is 44.3 Å². The van der Waals surface area contributed by atoms with Crippen molar-refractivity contribution in [3.63, 3.8) is 0 Å². The van der Waals surface area contributed by atoms with Gasteiger partial charge in [0.2, 0.25) is 0 Å². The van der Waals surface area contributed by atoms with Gasteiger partial charge in [0.25, 0.3) is 0 Å². The maximum atomic E-state index is 3.52. The van der Waals surface area contributed by atoms with Crippen LogP contribution >= 0.6 is 11.3 Å². The van der Waals surface area contributed by atoms with Crippen LogP contribution in [0.5, 0.6) is 0 Å². The van der Waals surface area contributed by atoms with Crippen molar-refractivity contribution >= 4 is 11.3 Å². The summed E-state index contributed by atoms with van der Waals surface area (Å²) >= 11 is 1.86. The molecular weight excluding hydrogens is 228 g/mol. The van der Waals surface area contributed by atoms with Crippen molar-refractivity contribution in [1.82, 2.24) is 10.2 Å². The molecule has 1 atom stereocenters. The molecule has 17 heavy (non-hydrogen) atoms. The molecule has 2 nitrogen and oxygen atoms in total. The number of likely N-dealkylation sites (N-methyl/N-ethyl adjacent to an activating group) is 1. The Labute approximate surface area is 110 Å². The average molecular weight is 254 g/mol. The summed E-state index contributed by atoms with van der Waals surface area (Å²) in [5.41, 5.74) is 0. The van der Waals surface area contributed by atoms with Crippen molar-refractivity contribution in [3.8, 4) is 0 Å². The molecule has 1 N–H and O–H groups in total. The largest absolute Gasteiger partial charge is 0.315 e. The fourth-order valence-corrected chi connectivity index (χ4v) is 2.68. The minimum atomic E-state index is 0.668. The van der Waals surface area contributed by atoms with Crippen LogP contribution in [-0.4, -0.2) is 37.6 Å². The van der Waals surface area contributed by atoms with E-state index in [1.165, 1.54) is 24.1 Å². The lowest BCUT2D eigenvalue weighted by Crippen LogP contribution is -2.40. The van der Waals surface area contributed by atoms with Gasteiger partial charge in [-0.1, -0.05) is 19.9 Å². The van der Waals surface area contributed by atoms with Gasteiger partial charge >= 0.3 is 0 Å². The van der Waals surface area contributed by atoms with Crippen molar-refractivity contribution in [2.75, 3.05) is 26.7 Å². The molecule has 1 aromatic heterocycles. The first-order valence-corrected chi connectivity index (χ1v) is 7.59. The number of hydrogen-bond donors (Lipinski definition) is 1. The summed E-state index contributed by atoms with van der Waals surface area (Å²) in [5, 5.41) is 5.68. The molecule has 1 rings (SSSR count). The lowest BCUT2D eigenvalue weighted by molar-refractivity contribution is 0.232. The van der Waals surface area contributed by atoms with Gasteiger partial charge < -0.3 is 10.2 Å². The summed E-state index contributed by atoms with van der Waals surface area (Å²) in [6, 6.07) is 5.04. The lowest BCUT2D eigenvalue weighted by Gasteiger charge is -2.27. The average Bonchev–Trinajstić information content (AvgIpc) is 2.85. The van der Waals surface area contributed by atoms with Crippen LogP contribution in [-0.2, 0) is 6.42 Å². The van der Waals surface area contributed by atoms with E-state index in [4.69, 9.17) is 0 Å². The molecule has 1 aromatic rings. The Morgan fingerprint density at radius 3 is 2.82 bits per heavy atom. The van der Waals surface area contributed by atoms with Gasteiger partial charge in [0.15, 0.2) is 0 Å². The second-order valence-corrected chi connectivity index (χ2v) is 5.61. The zero-order chi connectivity index (χ0) is 12.5. The van der Waals surface area contributed by atoms with Gasteiger partial charge in [0.05, 0.1) is 0 Å². The summed E-state index contributed by atoms with van der Waals surface area (Å²) in [6.45, 7) is 7.90. The lowest BCUT2D eigenvalue weighted by atomic mass is 10.2. The summed E-state index contributed by atoms with van der Waals surface area (Å²) in [6.07, 6.45) is 3.62. The minimum absolute atomic E-state index is 0.668. The van der Waals surface area contributed by atoms with Crippen molar-refractivity contribution in [2.24, 2.45) is 0 Å². The standard InChI is InChI=1S/C14H26N2S/c1-4-9-15-12-13(5-2)16(3)10-8-14-7-6-11-17-14/h6-7,11,13,15H,4-5,8-10,12H2,1-3H3. The molecule has 98 valence electrons. The van der Waals surface area contributed by atoms with Crippen molar-refractivity contribution < 1.29 is 0 Å². The summed E-state index contributed by atoms with van der Waals surface area (Å²) in [4.78, 5) is 3.98. The van der Waals surface area contributed by atoms with Crippen LogP contribution in [0.25, 0.3) is 0 Å². The number of rotatable bonds is 9. The third kappa shape index (κ3) is 5.66. The number of thiophene rings is 1. The van der Waals surface area contributed by atoms with E-state index < -0.39 is 0 Å². The summed E-state index contributed by atoms with van der Waals surface area (Å²) in [7, 11) is 2.25. The highest BCUT2D eigenvalue weighted by atomic mass is 32.1. The molecule has 0 amide bonds. The van der Waals surface area contributed by atoms with Crippen LogP contribution in [0.4, 0.5) is 0 Å². The second-order valence-electron chi connectivity index (χ2n) is 4.58. The molecule has 3 heteroatoms. The number of nitrogens with zero attached hydrogens (tertiary/aromatic N) is 1. The van der Waals surface area contributed by atoms with Crippen molar-refractivity contribution in [2.45, 2.75) is 39.2 Å². The van der Waals surface area contributed by atoms with Gasteiger partial charge in [-0.25, -0.2) is 0 Å². The van der Waals surface area contributed by atoms with Gasteiger partial charge in [-0.2, -0.15) is 0 Å². The number of nitrogens with one attached hydrogen (secondary N) is 1. The smallest absolute Gasteiger partial charge is 0.0215 e. The SMILES string of the molecule is CCCNCC(CC)N(C)CCc1cccs1. The Morgan fingerprint density at radius 1 is 1.41 bits per heavy atom. The molecule has 1 heterocycles. The Kier molecular flexibility index (Phi) is 7.49. The highest BCUT2D eigenvalue weighted by molar-refractivity contribution is 7.09. The summed E-state index contributed by atoms with van der Waals surface area (Å²) < 4.78 is 0. The van der Waals surface area contributed by atoms with Crippen LogP contribution in [0.2, 0.25) is 0 Å². The van der Waals surface area contributed by atoms with E-state index in [2.05, 4.69) is 48.6 Å². The van der Waals surface area contributed by atoms with Crippen LogP contribution in [0.15, 0.2) is 17.5 Å². The first-order chi connectivity index (χ1) is 8.27. The molecule has 0 saturated carbocycles. The van der Waals surface area contributed by atoms with Crippen LogP contribution in [0, 0.1) is 0 Å². The van der Waals surface area contributed by atoms with Crippen molar-refractivity contribution in [3.05, 3.63) is 22.4 Å². The monoisotopic (exact) mass is 254 g/mol. The molecule has 0 aliphatic heterocycles. The molecule has 0 aromatic carbocycles. The third-order valence-electron chi connectivity index (χ3n) is 3.19. The zero-order valence-electron chi connectivity index (χ0n) is 11.4. The predicted molar refractivity (Wildman–Crippen MR) is 77.9 cm³/mol. The topological polar surface area (TPSA) is 15.3 Å². The predicted octanol–water partition coefficient (Wildman–Crippen LogP) is 3.00. The first kappa shape index (κ1) is 14.7. The molecule has 0 radical (unpaired) electrons. The summed E-state index contributed by atoms with van der Waals surface area (Å²) in [5.74, 6) is 0. The van der Waals surface area contributed by atoms with Gasteiger partial charge in [-0.15, -0.1) is 11.3 Å². The molecule has 0 spiro atoms. The highest BCUT2D eigenvalue weighted by Crippen LogP contribution is 2.10. The van der Waals surface area contributed by atoms with Crippen LogP contribution in [0.1, 0.15) is 31.6 Å².